The van der Waals surface area contributed by atoms with Crippen molar-refractivity contribution in [3.8, 4) is 33.2 Å². The van der Waals surface area contributed by atoms with Gasteiger partial charge in [0.05, 0.1) is 36.3 Å². The van der Waals surface area contributed by atoms with Gasteiger partial charge in [0.15, 0.2) is 0 Å². The van der Waals surface area contributed by atoms with Crippen LogP contribution in [0.4, 0.5) is 0 Å². The Morgan fingerprint density at radius 3 is 2.04 bits per heavy atom. The summed E-state index contributed by atoms with van der Waals surface area (Å²) >= 11 is 6.95. The molecule has 1 heterocycles. The van der Waals surface area contributed by atoms with Gasteiger partial charge in [0, 0.05) is 5.56 Å². The van der Waals surface area contributed by atoms with Crippen molar-refractivity contribution in [2.45, 2.75) is 19.9 Å². The molecule has 0 atom stereocenters. The van der Waals surface area contributed by atoms with E-state index in [1.54, 1.807) is 25.6 Å². The highest BCUT2D eigenvalue weighted by Crippen LogP contribution is 2.38. The summed E-state index contributed by atoms with van der Waals surface area (Å²) in [4.78, 5) is 6.86. The topological polar surface area (TPSA) is 43.4 Å². The molecule has 3 rings (SSSR count). The summed E-state index contributed by atoms with van der Waals surface area (Å²) in [5, 5.41) is 4.27. The van der Waals surface area contributed by atoms with Crippen LogP contribution in [-0.4, -0.2) is 24.2 Å². The van der Waals surface area contributed by atoms with Crippen molar-refractivity contribution in [1.82, 2.24) is 10.3 Å². The summed E-state index contributed by atoms with van der Waals surface area (Å²) in [6, 6.07) is 16.0. The van der Waals surface area contributed by atoms with E-state index in [1.165, 1.54) is 0 Å². The van der Waals surface area contributed by atoms with Gasteiger partial charge in [0.1, 0.15) is 16.5 Å². The molecule has 0 aliphatic carbocycles. The standard InChI is InChI=1S/C21H22N2O2S2/c1-4-18(26)22-13-19-23-20(14-5-9-16(24-2)10-6-14)21(27-19)15-7-11-17(25-3)12-8-15/h5-12H,4,13H2,1-3H3,(H,22,26). The molecule has 3 aromatic rings. The first kappa shape index (κ1) is 19.3. The Balaban J connectivity index is 1.99. The van der Waals surface area contributed by atoms with Crippen LogP contribution >= 0.6 is 23.6 Å². The van der Waals surface area contributed by atoms with Gasteiger partial charge in [0.25, 0.3) is 0 Å². The molecule has 27 heavy (non-hydrogen) atoms. The summed E-state index contributed by atoms with van der Waals surface area (Å²) in [6.07, 6.45) is 0.831. The van der Waals surface area contributed by atoms with E-state index >= 15 is 0 Å². The minimum absolute atomic E-state index is 0.636. The number of thiazole rings is 1. The fourth-order valence-electron chi connectivity index (χ4n) is 2.62. The number of benzene rings is 2. The van der Waals surface area contributed by atoms with Gasteiger partial charge in [-0.15, -0.1) is 11.3 Å². The number of nitrogens with one attached hydrogen (secondary N) is 1. The van der Waals surface area contributed by atoms with Crippen LogP contribution in [0.3, 0.4) is 0 Å². The van der Waals surface area contributed by atoms with Crippen LogP contribution < -0.4 is 14.8 Å². The van der Waals surface area contributed by atoms with Crippen LogP contribution in [0.1, 0.15) is 18.4 Å². The normalized spacial score (nSPS) is 10.5. The Labute approximate surface area is 169 Å². The minimum atomic E-state index is 0.636. The second-order valence-electron chi connectivity index (χ2n) is 5.87. The van der Waals surface area contributed by atoms with Crippen LogP contribution in [0, 0.1) is 0 Å². The zero-order valence-corrected chi connectivity index (χ0v) is 17.2. The number of nitrogens with zero attached hydrogens (tertiary/aromatic N) is 1. The lowest BCUT2D eigenvalue weighted by atomic mass is 10.1. The maximum absolute atomic E-state index is 5.28. The van der Waals surface area contributed by atoms with E-state index in [4.69, 9.17) is 26.7 Å². The fourth-order valence-corrected chi connectivity index (χ4v) is 3.72. The van der Waals surface area contributed by atoms with Crippen molar-refractivity contribution in [1.29, 1.82) is 0 Å². The first-order valence-electron chi connectivity index (χ1n) is 8.69. The van der Waals surface area contributed by atoms with Crippen molar-refractivity contribution in [2.24, 2.45) is 0 Å². The Morgan fingerprint density at radius 2 is 1.52 bits per heavy atom. The molecular weight excluding hydrogens is 376 g/mol. The minimum Gasteiger partial charge on any atom is -0.497 e. The van der Waals surface area contributed by atoms with Gasteiger partial charge >= 0.3 is 0 Å². The molecule has 6 heteroatoms. The molecule has 1 aromatic heterocycles. The largest absolute Gasteiger partial charge is 0.497 e. The SMILES string of the molecule is CCC(=S)NCc1nc(-c2ccc(OC)cc2)c(-c2ccc(OC)cc2)s1. The average Bonchev–Trinajstić information content (AvgIpc) is 3.16. The lowest BCUT2D eigenvalue weighted by Gasteiger charge is -2.05. The van der Waals surface area contributed by atoms with Crippen LogP contribution in [0.15, 0.2) is 48.5 Å². The van der Waals surface area contributed by atoms with Gasteiger partial charge in [-0.05, 0) is 60.5 Å². The molecule has 0 saturated heterocycles. The van der Waals surface area contributed by atoms with E-state index in [2.05, 4.69) is 17.4 Å². The molecule has 0 aliphatic rings. The predicted octanol–water partition coefficient (Wildman–Crippen LogP) is 5.32. The molecule has 2 aromatic carbocycles. The van der Waals surface area contributed by atoms with Gasteiger partial charge in [-0.2, -0.15) is 0 Å². The molecule has 0 spiro atoms. The quantitative estimate of drug-likeness (QED) is 0.546. The van der Waals surface area contributed by atoms with E-state index in [9.17, 15) is 0 Å². The highest BCUT2D eigenvalue weighted by atomic mass is 32.1. The zero-order chi connectivity index (χ0) is 19.2. The van der Waals surface area contributed by atoms with Crippen LogP contribution in [0.2, 0.25) is 0 Å². The Bertz CT molecular complexity index is 838. The number of hydrogen-bond acceptors (Lipinski definition) is 5. The summed E-state index contributed by atoms with van der Waals surface area (Å²) in [5.74, 6) is 1.67. The molecule has 0 unspecified atom stereocenters. The molecular formula is C21H22N2O2S2. The molecule has 0 aliphatic heterocycles. The first-order chi connectivity index (χ1) is 13.1. The summed E-state index contributed by atoms with van der Waals surface area (Å²) < 4.78 is 10.5. The number of aromatic nitrogens is 1. The van der Waals surface area contributed by atoms with Gasteiger partial charge in [-0.3, -0.25) is 0 Å². The van der Waals surface area contributed by atoms with E-state index in [0.717, 1.165) is 49.6 Å². The highest BCUT2D eigenvalue weighted by molar-refractivity contribution is 7.80. The number of rotatable bonds is 7. The first-order valence-corrected chi connectivity index (χ1v) is 9.92. The maximum Gasteiger partial charge on any atom is 0.118 e. The van der Waals surface area contributed by atoms with Gasteiger partial charge in [-0.1, -0.05) is 19.1 Å². The van der Waals surface area contributed by atoms with Crippen LogP contribution in [0.25, 0.3) is 21.7 Å². The zero-order valence-electron chi connectivity index (χ0n) is 15.6. The third kappa shape index (κ3) is 4.64. The molecule has 0 fully saturated rings. The van der Waals surface area contributed by atoms with E-state index in [-0.39, 0.29) is 0 Å². The van der Waals surface area contributed by atoms with Gasteiger partial charge in [-0.25, -0.2) is 4.98 Å². The van der Waals surface area contributed by atoms with Crippen molar-refractivity contribution in [2.75, 3.05) is 14.2 Å². The average molecular weight is 399 g/mol. The van der Waals surface area contributed by atoms with E-state index < -0.39 is 0 Å². The molecule has 4 nitrogen and oxygen atoms in total. The fraction of sp³-hybridized carbons (Fsp3) is 0.238. The molecule has 0 bridgehead atoms. The van der Waals surface area contributed by atoms with E-state index in [1.807, 2.05) is 43.3 Å². The Hall–Kier alpha value is -2.44. The molecule has 1 N–H and O–H groups in total. The van der Waals surface area contributed by atoms with Gasteiger partial charge in [0.2, 0.25) is 0 Å². The van der Waals surface area contributed by atoms with Gasteiger partial charge < -0.3 is 14.8 Å². The summed E-state index contributed by atoms with van der Waals surface area (Å²) in [7, 11) is 3.34. The van der Waals surface area contributed by atoms with Crippen molar-refractivity contribution in [3.63, 3.8) is 0 Å². The van der Waals surface area contributed by atoms with Crippen molar-refractivity contribution in [3.05, 3.63) is 53.5 Å². The smallest absolute Gasteiger partial charge is 0.118 e. The number of ether oxygens (including phenoxy) is 2. The second kappa shape index (κ2) is 8.97. The van der Waals surface area contributed by atoms with Crippen molar-refractivity contribution >= 4 is 28.5 Å². The second-order valence-corrected chi connectivity index (χ2v) is 7.45. The van der Waals surface area contributed by atoms with Crippen LogP contribution in [-0.2, 0) is 6.54 Å². The molecule has 0 amide bonds. The number of thiocarbonyl (C=S) groups is 1. The molecule has 0 saturated carbocycles. The number of methoxy groups -OCH3 is 2. The lowest BCUT2D eigenvalue weighted by Crippen LogP contribution is -2.19. The third-order valence-corrected chi connectivity index (χ3v) is 5.68. The van der Waals surface area contributed by atoms with Crippen molar-refractivity contribution < 1.29 is 9.47 Å². The Morgan fingerprint density at radius 1 is 0.963 bits per heavy atom. The Kier molecular flexibility index (Phi) is 6.42. The monoisotopic (exact) mass is 398 g/mol. The predicted molar refractivity (Wildman–Crippen MR) is 116 cm³/mol. The van der Waals surface area contributed by atoms with Crippen LogP contribution in [0.5, 0.6) is 11.5 Å². The summed E-state index contributed by atoms with van der Waals surface area (Å²) in [6.45, 7) is 2.68. The van der Waals surface area contributed by atoms with E-state index in [0.29, 0.717) is 6.54 Å². The lowest BCUT2D eigenvalue weighted by molar-refractivity contribution is 0.414. The maximum atomic E-state index is 5.28. The summed E-state index contributed by atoms with van der Waals surface area (Å²) in [5.41, 5.74) is 3.14. The molecule has 140 valence electrons. The highest BCUT2D eigenvalue weighted by Gasteiger charge is 2.15. The third-order valence-electron chi connectivity index (χ3n) is 4.15. The molecule has 0 radical (unpaired) electrons. The number of hydrogen-bond donors (Lipinski definition) is 1.